The maximum absolute atomic E-state index is 14.6. The SMILES string of the molecule is COc1ccc2c(O[C@@H]3C[C@@H](C(=O)NC4(C(=O)NC(=O)Nc5ccccc5)CCC4)N(C(=O)[C@@H](NC(=O)OC(C)(C)C)C(C)C)C3)cc(-c3ccc4c(c3)OCO4)nc2c1. The van der Waals surface area contributed by atoms with Gasteiger partial charge in [0.1, 0.15) is 40.8 Å². The predicted octanol–water partition coefficient (Wildman–Crippen LogP) is 5.92. The molecule has 16 heteroatoms. The number of likely N-dealkylation sites (tertiary alicyclic amines) is 1. The summed E-state index contributed by atoms with van der Waals surface area (Å²) in [5.74, 6) is 0.0393. The van der Waals surface area contributed by atoms with Gasteiger partial charge in [0.2, 0.25) is 18.6 Å². The fraction of sp³-hybridized carbons (Fsp3) is 0.409. The number of hydrogen-bond acceptors (Lipinski definition) is 11. The second-order valence-electron chi connectivity index (χ2n) is 16.5. The number of pyridine rings is 1. The molecule has 6 amide bonds. The number of benzene rings is 3. The van der Waals surface area contributed by atoms with Gasteiger partial charge in [-0.2, -0.15) is 0 Å². The van der Waals surface area contributed by atoms with Gasteiger partial charge in [-0.05, 0) is 88.4 Å². The van der Waals surface area contributed by atoms with E-state index in [-0.39, 0.29) is 32.6 Å². The number of alkyl carbamates (subject to hydrolysis) is 1. The Kier molecular flexibility index (Phi) is 11.7. The van der Waals surface area contributed by atoms with Gasteiger partial charge >= 0.3 is 12.1 Å². The number of para-hydroxylation sites is 1. The summed E-state index contributed by atoms with van der Waals surface area (Å²) in [7, 11) is 1.56. The summed E-state index contributed by atoms with van der Waals surface area (Å²) in [6, 6.07) is 18.4. The van der Waals surface area contributed by atoms with E-state index in [4.69, 9.17) is 28.7 Å². The molecule has 0 spiro atoms. The average Bonchev–Trinajstić information content (AvgIpc) is 3.84. The molecule has 0 radical (unpaired) electrons. The first-order valence-electron chi connectivity index (χ1n) is 20.0. The van der Waals surface area contributed by atoms with Crippen LogP contribution in [-0.4, -0.2) is 89.5 Å². The maximum atomic E-state index is 14.6. The minimum atomic E-state index is -1.38. The van der Waals surface area contributed by atoms with Crippen molar-refractivity contribution in [3.05, 3.63) is 72.8 Å². The molecule has 3 aromatic carbocycles. The number of carbonyl (C=O) groups excluding carboxylic acids is 5. The number of amides is 6. The summed E-state index contributed by atoms with van der Waals surface area (Å²) < 4.78 is 28.9. The zero-order valence-corrected chi connectivity index (χ0v) is 34.5. The van der Waals surface area contributed by atoms with Gasteiger partial charge in [-0.25, -0.2) is 14.6 Å². The normalized spacial score (nSPS) is 18.2. The van der Waals surface area contributed by atoms with Crippen LogP contribution < -0.4 is 40.2 Å². The molecule has 2 aliphatic heterocycles. The van der Waals surface area contributed by atoms with E-state index in [0.29, 0.717) is 51.7 Å². The molecule has 3 atom stereocenters. The topological polar surface area (TPSA) is 196 Å². The highest BCUT2D eigenvalue weighted by Crippen LogP contribution is 2.39. The summed E-state index contributed by atoms with van der Waals surface area (Å²) in [4.78, 5) is 74.8. The van der Waals surface area contributed by atoms with Crippen molar-refractivity contribution in [2.45, 2.75) is 89.6 Å². The average molecular weight is 823 g/mol. The van der Waals surface area contributed by atoms with Crippen molar-refractivity contribution in [1.29, 1.82) is 0 Å². The number of hydrogen-bond donors (Lipinski definition) is 4. The van der Waals surface area contributed by atoms with E-state index < -0.39 is 65.1 Å². The Balaban J connectivity index is 1.18. The summed E-state index contributed by atoms with van der Waals surface area (Å²) in [6.45, 7) is 8.79. The van der Waals surface area contributed by atoms with Crippen LogP contribution in [0.25, 0.3) is 22.2 Å². The number of nitrogens with zero attached hydrogens (tertiary/aromatic N) is 2. The Morgan fingerprint density at radius 3 is 2.37 bits per heavy atom. The molecule has 3 aliphatic rings. The molecule has 1 aliphatic carbocycles. The molecule has 1 aromatic heterocycles. The lowest BCUT2D eigenvalue weighted by Gasteiger charge is -2.41. The zero-order chi connectivity index (χ0) is 42.8. The van der Waals surface area contributed by atoms with E-state index in [2.05, 4.69) is 21.3 Å². The molecule has 1 saturated carbocycles. The van der Waals surface area contributed by atoms with Gasteiger partial charge in [0.25, 0.3) is 5.91 Å². The summed E-state index contributed by atoms with van der Waals surface area (Å²) in [5, 5.41) is 11.3. The van der Waals surface area contributed by atoms with Crippen molar-refractivity contribution < 1.29 is 47.7 Å². The third-order valence-corrected chi connectivity index (χ3v) is 10.7. The fourth-order valence-corrected chi connectivity index (χ4v) is 7.45. The molecular formula is C44H50N6O10. The van der Waals surface area contributed by atoms with Crippen molar-refractivity contribution >= 4 is 46.4 Å². The molecule has 3 heterocycles. The third-order valence-electron chi connectivity index (χ3n) is 10.7. The van der Waals surface area contributed by atoms with Crippen molar-refractivity contribution in [2.75, 3.05) is 25.8 Å². The highest BCUT2D eigenvalue weighted by molar-refractivity contribution is 6.06. The summed E-state index contributed by atoms with van der Waals surface area (Å²) in [5.41, 5.74) is 0.171. The zero-order valence-electron chi connectivity index (χ0n) is 34.5. The second kappa shape index (κ2) is 17.0. The van der Waals surface area contributed by atoms with E-state index in [0.717, 1.165) is 5.56 Å². The molecule has 60 heavy (non-hydrogen) atoms. The van der Waals surface area contributed by atoms with E-state index >= 15 is 0 Å². The predicted molar refractivity (Wildman–Crippen MR) is 221 cm³/mol. The molecule has 0 unspecified atom stereocenters. The Morgan fingerprint density at radius 2 is 1.68 bits per heavy atom. The van der Waals surface area contributed by atoms with E-state index in [1.54, 1.807) is 96.3 Å². The number of fused-ring (bicyclic) bond motifs is 2. The molecule has 1 saturated heterocycles. The number of ether oxygens (including phenoxy) is 5. The number of nitrogens with one attached hydrogen (secondary N) is 4. The smallest absolute Gasteiger partial charge is 0.408 e. The largest absolute Gasteiger partial charge is 0.497 e. The molecule has 16 nitrogen and oxygen atoms in total. The lowest BCUT2D eigenvalue weighted by atomic mass is 9.75. The second-order valence-corrected chi connectivity index (χ2v) is 16.5. The standard InChI is InChI=1S/C44H50N6O10/c1-25(2)37(47-42(55)60-43(3,4)5)39(52)50-23-29(21-33(50)38(51)49-44(17-10-18-44)40(53)48-41(54)45-27-11-8-7-9-12-27)59-35-22-31(26-13-16-34-36(19-26)58-24-57-34)46-32-20-28(56-6)14-15-30(32)35/h7-9,11-16,19-20,22,25,29,33,37H,10,17-18,21,23-24H2,1-6H3,(H,47,55)(H,49,51)(H2,45,48,53,54)/t29-,33+,37+/m1/s1. The highest BCUT2D eigenvalue weighted by atomic mass is 16.7. The first kappa shape index (κ1) is 41.6. The van der Waals surface area contributed by atoms with Crippen LogP contribution in [0.4, 0.5) is 15.3 Å². The van der Waals surface area contributed by atoms with Crippen molar-refractivity contribution in [1.82, 2.24) is 25.8 Å². The van der Waals surface area contributed by atoms with Gasteiger partial charge in [0, 0.05) is 35.2 Å². The van der Waals surface area contributed by atoms with Crippen molar-refractivity contribution in [3.63, 3.8) is 0 Å². The van der Waals surface area contributed by atoms with Gasteiger partial charge in [-0.3, -0.25) is 19.7 Å². The van der Waals surface area contributed by atoms with Crippen LogP contribution in [0.15, 0.2) is 72.8 Å². The summed E-state index contributed by atoms with van der Waals surface area (Å²) >= 11 is 0. The number of imide groups is 1. The van der Waals surface area contributed by atoms with Crippen LogP contribution in [0, 0.1) is 5.92 Å². The first-order valence-corrected chi connectivity index (χ1v) is 20.0. The molecular weight excluding hydrogens is 773 g/mol. The number of urea groups is 1. The Bertz CT molecular complexity index is 2290. The lowest BCUT2D eigenvalue weighted by molar-refractivity contribution is -0.144. The molecule has 7 rings (SSSR count). The number of rotatable bonds is 11. The Hall–Kier alpha value is -6.58. The van der Waals surface area contributed by atoms with Crippen LogP contribution in [0.1, 0.15) is 60.3 Å². The van der Waals surface area contributed by atoms with Gasteiger partial charge < -0.3 is 44.5 Å². The number of carbonyl (C=O) groups is 5. The Labute approximate surface area is 347 Å². The van der Waals surface area contributed by atoms with Crippen molar-refractivity contribution in [2.24, 2.45) is 5.92 Å². The monoisotopic (exact) mass is 822 g/mol. The van der Waals surface area contributed by atoms with E-state index in [1.807, 2.05) is 18.2 Å². The minimum absolute atomic E-state index is 0.0336. The van der Waals surface area contributed by atoms with E-state index in [1.165, 1.54) is 4.90 Å². The number of methoxy groups -OCH3 is 1. The molecule has 2 fully saturated rings. The quantitative estimate of drug-likeness (QED) is 0.140. The first-order chi connectivity index (χ1) is 28.6. The minimum Gasteiger partial charge on any atom is -0.497 e. The maximum Gasteiger partial charge on any atom is 0.408 e. The fourth-order valence-electron chi connectivity index (χ4n) is 7.45. The third kappa shape index (κ3) is 9.17. The highest BCUT2D eigenvalue weighted by Gasteiger charge is 2.50. The number of anilines is 1. The van der Waals surface area contributed by atoms with Gasteiger partial charge in [0.05, 0.1) is 24.9 Å². The van der Waals surface area contributed by atoms with Gasteiger partial charge in [0.15, 0.2) is 11.5 Å². The van der Waals surface area contributed by atoms with Crippen LogP contribution >= 0.6 is 0 Å². The van der Waals surface area contributed by atoms with Crippen LogP contribution in [0.2, 0.25) is 0 Å². The molecule has 4 N–H and O–H groups in total. The van der Waals surface area contributed by atoms with Crippen molar-refractivity contribution in [3.8, 4) is 34.3 Å². The van der Waals surface area contributed by atoms with Crippen LogP contribution in [0.3, 0.4) is 0 Å². The molecule has 4 aromatic rings. The Morgan fingerprint density at radius 1 is 0.933 bits per heavy atom. The van der Waals surface area contributed by atoms with Crippen LogP contribution in [0.5, 0.6) is 23.0 Å². The van der Waals surface area contributed by atoms with Crippen LogP contribution in [-0.2, 0) is 19.1 Å². The lowest BCUT2D eigenvalue weighted by Crippen LogP contribution is -2.66. The van der Waals surface area contributed by atoms with E-state index in [9.17, 15) is 24.0 Å². The summed E-state index contributed by atoms with van der Waals surface area (Å²) in [6.07, 6.45) is -0.259. The molecule has 0 bridgehead atoms. The molecule has 316 valence electrons. The number of aromatic nitrogens is 1. The van der Waals surface area contributed by atoms with Gasteiger partial charge in [-0.15, -0.1) is 0 Å². The van der Waals surface area contributed by atoms with Gasteiger partial charge in [-0.1, -0.05) is 32.0 Å².